The molecular formula is C22H19NO5. The van der Waals surface area contributed by atoms with Crippen LogP contribution in [0.1, 0.15) is 18.4 Å². The molecule has 2 aromatic carbocycles. The van der Waals surface area contributed by atoms with Gasteiger partial charge in [-0.05, 0) is 43.0 Å². The number of hydrogen-bond acceptors (Lipinski definition) is 6. The highest BCUT2D eigenvalue weighted by Crippen LogP contribution is 2.40. The average molecular weight is 377 g/mol. The average Bonchev–Trinajstić information content (AvgIpc) is 3.43. The molecule has 1 fully saturated rings. The Hall–Kier alpha value is -2.99. The molecule has 0 bridgehead atoms. The van der Waals surface area contributed by atoms with Gasteiger partial charge in [0.15, 0.2) is 5.58 Å². The van der Waals surface area contributed by atoms with Crippen molar-refractivity contribution in [2.45, 2.75) is 19.4 Å². The number of fused-ring (bicyclic) bond motifs is 7. The van der Waals surface area contributed by atoms with E-state index in [2.05, 4.69) is 4.90 Å². The highest BCUT2D eigenvalue weighted by molar-refractivity contribution is 6.14. The fourth-order valence-corrected chi connectivity index (χ4v) is 4.18. The maximum atomic E-state index is 12.9. The van der Waals surface area contributed by atoms with Crippen molar-refractivity contribution in [3.05, 3.63) is 46.3 Å². The van der Waals surface area contributed by atoms with Crippen LogP contribution in [0, 0.1) is 5.92 Å². The molecule has 1 aliphatic heterocycles. The van der Waals surface area contributed by atoms with Gasteiger partial charge in [-0.25, -0.2) is 4.79 Å². The molecule has 2 aliphatic rings. The van der Waals surface area contributed by atoms with Crippen LogP contribution < -0.4 is 15.1 Å². The SMILES string of the molecule is COc1ccc2c(c1)oc(=O)c1c2oc2ccc3c(c21)CN(CC1CC1)CO3. The predicted molar refractivity (Wildman–Crippen MR) is 105 cm³/mol. The third kappa shape index (κ3) is 2.34. The molecule has 142 valence electrons. The van der Waals surface area contributed by atoms with Gasteiger partial charge >= 0.3 is 5.63 Å². The Balaban J connectivity index is 1.61. The number of hydrogen-bond donors (Lipinski definition) is 0. The van der Waals surface area contributed by atoms with Gasteiger partial charge in [0.2, 0.25) is 0 Å². The van der Waals surface area contributed by atoms with Crippen molar-refractivity contribution >= 4 is 32.9 Å². The molecule has 3 heterocycles. The Kier molecular flexibility index (Phi) is 3.29. The molecule has 0 radical (unpaired) electrons. The van der Waals surface area contributed by atoms with Crippen LogP contribution in [0.15, 0.2) is 44.0 Å². The zero-order valence-electron chi connectivity index (χ0n) is 15.5. The standard InChI is InChI=1S/C22H19NO5/c1-25-13-4-5-14-18(8-13)28-22(24)20-19-15-10-23(9-12-2-3-12)11-26-16(15)6-7-17(19)27-21(14)20/h4-8,12H,2-3,9-11H2,1H3. The highest BCUT2D eigenvalue weighted by atomic mass is 16.5. The van der Waals surface area contributed by atoms with Gasteiger partial charge in [0, 0.05) is 30.1 Å². The van der Waals surface area contributed by atoms with Crippen molar-refractivity contribution in [3.8, 4) is 11.5 Å². The first kappa shape index (κ1) is 16.0. The lowest BCUT2D eigenvalue weighted by molar-refractivity contribution is 0.0919. The molecule has 0 amide bonds. The van der Waals surface area contributed by atoms with Crippen molar-refractivity contribution in [1.82, 2.24) is 4.90 Å². The first-order valence-electron chi connectivity index (χ1n) is 9.55. The summed E-state index contributed by atoms with van der Waals surface area (Å²) >= 11 is 0. The minimum absolute atomic E-state index is 0.401. The van der Waals surface area contributed by atoms with Crippen LogP contribution in [0.5, 0.6) is 11.5 Å². The van der Waals surface area contributed by atoms with Crippen LogP contribution in [-0.2, 0) is 6.54 Å². The van der Waals surface area contributed by atoms with E-state index >= 15 is 0 Å². The Bertz CT molecular complexity index is 1300. The summed E-state index contributed by atoms with van der Waals surface area (Å²) in [6, 6.07) is 9.22. The molecule has 1 aliphatic carbocycles. The van der Waals surface area contributed by atoms with Crippen molar-refractivity contribution in [1.29, 1.82) is 0 Å². The van der Waals surface area contributed by atoms with E-state index in [0.29, 0.717) is 34.6 Å². The Morgan fingerprint density at radius 3 is 2.82 bits per heavy atom. The van der Waals surface area contributed by atoms with Gasteiger partial charge in [0.1, 0.15) is 34.8 Å². The second-order valence-electron chi connectivity index (χ2n) is 7.70. The molecule has 0 atom stereocenters. The van der Waals surface area contributed by atoms with Crippen molar-refractivity contribution in [2.75, 3.05) is 20.4 Å². The van der Waals surface area contributed by atoms with Gasteiger partial charge in [-0.3, -0.25) is 4.90 Å². The van der Waals surface area contributed by atoms with E-state index in [4.69, 9.17) is 18.3 Å². The number of methoxy groups -OCH3 is 1. The van der Waals surface area contributed by atoms with Crippen LogP contribution in [0.3, 0.4) is 0 Å². The molecule has 28 heavy (non-hydrogen) atoms. The van der Waals surface area contributed by atoms with E-state index in [1.807, 2.05) is 24.3 Å². The predicted octanol–water partition coefficient (Wildman–Crippen LogP) is 4.26. The molecule has 1 saturated carbocycles. The van der Waals surface area contributed by atoms with Crippen LogP contribution in [-0.4, -0.2) is 25.3 Å². The smallest absolute Gasteiger partial charge is 0.348 e. The Morgan fingerprint density at radius 1 is 1.11 bits per heavy atom. The minimum atomic E-state index is -0.401. The quantitative estimate of drug-likeness (QED) is 0.497. The van der Waals surface area contributed by atoms with Gasteiger partial charge in [-0.2, -0.15) is 0 Å². The largest absolute Gasteiger partial charge is 0.497 e. The highest BCUT2D eigenvalue weighted by Gasteiger charge is 2.29. The zero-order valence-corrected chi connectivity index (χ0v) is 15.5. The number of furan rings is 1. The fourth-order valence-electron chi connectivity index (χ4n) is 4.18. The fraction of sp³-hybridized carbons (Fsp3) is 0.318. The zero-order chi connectivity index (χ0) is 18.8. The second-order valence-corrected chi connectivity index (χ2v) is 7.70. The summed E-state index contributed by atoms with van der Waals surface area (Å²) in [5.41, 5.74) is 2.29. The number of rotatable bonds is 3. The van der Waals surface area contributed by atoms with E-state index < -0.39 is 5.63 Å². The van der Waals surface area contributed by atoms with Gasteiger partial charge in [-0.15, -0.1) is 0 Å². The number of nitrogens with zero attached hydrogens (tertiary/aromatic N) is 1. The van der Waals surface area contributed by atoms with Gasteiger partial charge in [0.05, 0.1) is 12.5 Å². The van der Waals surface area contributed by atoms with Crippen molar-refractivity contribution < 1.29 is 18.3 Å². The number of ether oxygens (including phenoxy) is 2. The lowest BCUT2D eigenvalue weighted by Crippen LogP contribution is -2.33. The van der Waals surface area contributed by atoms with Crippen LogP contribution in [0.25, 0.3) is 32.9 Å². The summed E-state index contributed by atoms with van der Waals surface area (Å²) in [5.74, 6) is 2.22. The maximum Gasteiger partial charge on any atom is 0.348 e. The van der Waals surface area contributed by atoms with E-state index in [9.17, 15) is 4.79 Å². The number of benzene rings is 2. The minimum Gasteiger partial charge on any atom is -0.497 e. The third-order valence-electron chi connectivity index (χ3n) is 5.76. The first-order valence-corrected chi connectivity index (χ1v) is 9.55. The van der Waals surface area contributed by atoms with Crippen molar-refractivity contribution in [3.63, 3.8) is 0 Å². The van der Waals surface area contributed by atoms with E-state index in [-0.39, 0.29) is 0 Å². The second kappa shape index (κ2) is 5.75. The van der Waals surface area contributed by atoms with Gasteiger partial charge in [0.25, 0.3) is 0 Å². The first-order chi connectivity index (χ1) is 13.7. The topological polar surface area (TPSA) is 65.0 Å². The molecule has 0 N–H and O–H groups in total. The summed E-state index contributed by atoms with van der Waals surface area (Å²) in [4.78, 5) is 15.2. The molecular weight excluding hydrogens is 358 g/mol. The van der Waals surface area contributed by atoms with E-state index in [1.165, 1.54) is 12.8 Å². The molecule has 6 heteroatoms. The molecule has 4 aromatic rings. The molecule has 6 rings (SSSR count). The van der Waals surface area contributed by atoms with Crippen molar-refractivity contribution in [2.24, 2.45) is 5.92 Å². The summed E-state index contributed by atoms with van der Waals surface area (Å²) in [5, 5.41) is 2.05. The van der Waals surface area contributed by atoms with E-state index in [1.54, 1.807) is 13.2 Å². The summed E-state index contributed by atoms with van der Waals surface area (Å²) in [6.45, 7) is 2.36. The summed E-state index contributed by atoms with van der Waals surface area (Å²) in [7, 11) is 1.58. The lowest BCUT2D eigenvalue weighted by atomic mass is 10.0. The van der Waals surface area contributed by atoms with Gasteiger partial charge in [-0.1, -0.05) is 0 Å². The van der Waals surface area contributed by atoms with Gasteiger partial charge < -0.3 is 18.3 Å². The van der Waals surface area contributed by atoms with Crippen LogP contribution in [0.2, 0.25) is 0 Å². The maximum absolute atomic E-state index is 12.9. The monoisotopic (exact) mass is 377 g/mol. The molecule has 6 nitrogen and oxygen atoms in total. The molecule has 0 unspecified atom stereocenters. The molecule has 0 spiro atoms. The summed E-state index contributed by atoms with van der Waals surface area (Å²) in [6.07, 6.45) is 2.59. The summed E-state index contributed by atoms with van der Waals surface area (Å²) < 4.78 is 23.0. The Morgan fingerprint density at radius 2 is 2.00 bits per heavy atom. The molecule has 2 aromatic heterocycles. The molecule has 0 saturated heterocycles. The normalized spacial score (nSPS) is 17.2. The van der Waals surface area contributed by atoms with Crippen LogP contribution in [0.4, 0.5) is 0 Å². The third-order valence-corrected chi connectivity index (χ3v) is 5.76. The van der Waals surface area contributed by atoms with E-state index in [0.717, 1.165) is 41.1 Å². The lowest BCUT2D eigenvalue weighted by Gasteiger charge is -2.29. The Labute approximate surface area is 160 Å². The van der Waals surface area contributed by atoms with Crippen LogP contribution >= 0.6 is 0 Å².